The molecule has 11 heteroatoms. The minimum Gasteiger partial charge on any atom is -0.464 e. The van der Waals surface area contributed by atoms with Gasteiger partial charge in [-0.15, -0.1) is 0 Å². The van der Waals surface area contributed by atoms with Gasteiger partial charge < -0.3 is 20.9 Å². The lowest BCUT2D eigenvalue weighted by molar-refractivity contribution is -0.145. The third-order valence-electron chi connectivity index (χ3n) is 9.32. The number of phosphoric ester groups is 1. The van der Waals surface area contributed by atoms with Crippen molar-refractivity contribution >= 4 is 19.8 Å². The Morgan fingerprint density at radius 1 is 0.481 bits per heavy atom. The summed E-state index contributed by atoms with van der Waals surface area (Å²) >= 11 is 0. The van der Waals surface area contributed by atoms with E-state index in [0.29, 0.717) is 12.8 Å². The van der Waals surface area contributed by atoms with Gasteiger partial charge in [0.05, 0.1) is 25.3 Å². The first-order chi connectivity index (χ1) is 26.3. The fourth-order valence-corrected chi connectivity index (χ4v) is 6.87. The predicted molar refractivity (Wildman–Crippen MR) is 223 cm³/mol. The quantitative estimate of drug-likeness (QED) is 0.0265. The van der Waals surface area contributed by atoms with Crippen LogP contribution in [0.1, 0.15) is 194 Å². The molecule has 0 rings (SSSR count). The Balaban J connectivity index is 3.81. The Hall–Kier alpha value is -1.55. The molecule has 318 valence electrons. The maximum atomic E-state index is 12.8. The van der Waals surface area contributed by atoms with Crippen molar-refractivity contribution in [3.05, 3.63) is 24.3 Å². The Morgan fingerprint density at radius 2 is 0.778 bits per heavy atom. The van der Waals surface area contributed by atoms with Crippen LogP contribution in [0, 0.1) is 0 Å². The van der Waals surface area contributed by atoms with Gasteiger partial charge in [0.1, 0.15) is 13.2 Å². The summed E-state index contributed by atoms with van der Waals surface area (Å²) in [5.41, 5.74) is 12.0. The maximum absolute atomic E-state index is 12.8. The molecule has 0 saturated carbocycles. The molecule has 54 heavy (non-hydrogen) atoms. The lowest BCUT2D eigenvalue weighted by Crippen LogP contribution is -2.34. The summed E-state index contributed by atoms with van der Waals surface area (Å²) in [6.07, 6.45) is 41.0. The summed E-state index contributed by atoms with van der Waals surface area (Å²) in [6.45, 7) is 3.96. The summed E-state index contributed by atoms with van der Waals surface area (Å²) in [4.78, 5) is 24.2. The maximum Gasteiger partial charge on any atom is 0.474 e. The molecular formula is C43H83N2O8P. The molecule has 3 atom stereocenters. The molecule has 0 saturated heterocycles. The predicted octanol–water partition coefficient (Wildman–Crippen LogP) is 11.6. The number of rotatable bonds is 41. The van der Waals surface area contributed by atoms with Gasteiger partial charge in [-0.05, 0) is 64.2 Å². The molecule has 0 radical (unpaired) electrons. The Labute approximate surface area is 331 Å². The van der Waals surface area contributed by atoms with Gasteiger partial charge in [-0.2, -0.15) is 0 Å². The van der Waals surface area contributed by atoms with Gasteiger partial charge >= 0.3 is 19.8 Å². The highest BCUT2D eigenvalue weighted by Crippen LogP contribution is 2.48. The summed E-state index contributed by atoms with van der Waals surface area (Å²) in [6, 6.07) is -1.41. The van der Waals surface area contributed by atoms with Crippen molar-refractivity contribution < 1.29 is 37.2 Å². The number of ether oxygens (including phenoxy) is 2. The number of esters is 2. The van der Waals surface area contributed by atoms with Crippen LogP contribution in [0.3, 0.4) is 0 Å². The Morgan fingerprint density at radius 3 is 1.09 bits per heavy atom. The van der Waals surface area contributed by atoms with Crippen molar-refractivity contribution in [3.63, 3.8) is 0 Å². The number of carbonyl (C=O) groups is 2. The second-order valence-electron chi connectivity index (χ2n) is 14.8. The van der Waals surface area contributed by atoms with E-state index in [1.807, 2.05) is 0 Å². The van der Waals surface area contributed by atoms with E-state index in [2.05, 4.69) is 38.2 Å². The highest BCUT2D eigenvalue weighted by Gasteiger charge is 2.27. The van der Waals surface area contributed by atoms with Gasteiger partial charge in [0, 0.05) is 20.0 Å². The van der Waals surface area contributed by atoms with Crippen LogP contribution in [0.5, 0.6) is 0 Å². The van der Waals surface area contributed by atoms with Gasteiger partial charge in [0.25, 0.3) is 0 Å². The zero-order valence-corrected chi connectivity index (χ0v) is 35.9. The highest BCUT2D eigenvalue weighted by molar-refractivity contribution is 7.48. The van der Waals surface area contributed by atoms with E-state index >= 15 is 0 Å². The summed E-state index contributed by atoms with van der Waals surface area (Å²) in [7, 11) is -2.75. The molecule has 0 aliphatic carbocycles. The van der Waals surface area contributed by atoms with Crippen LogP contribution in [0.15, 0.2) is 24.3 Å². The number of nitrogens with two attached hydrogens (primary N) is 2. The second kappa shape index (κ2) is 39.7. The molecular weight excluding hydrogens is 703 g/mol. The van der Waals surface area contributed by atoms with Crippen LogP contribution in [-0.2, 0) is 37.2 Å². The number of allylic oxidation sites excluding steroid dienone is 4. The zero-order valence-electron chi connectivity index (χ0n) is 35.0. The topological polar surface area (TPSA) is 149 Å². The van der Waals surface area contributed by atoms with E-state index in [1.165, 1.54) is 110 Å². The van der Waals surface area contributed by atoms with Crippen LogP contribution in [0.4, 0.5) is 0 Å². The van der Waals surface area contributed by atoms with E-state index in [1.54, 1.807) is 0 Å². The Kier molecular flexibility index (Phi) is 38.5. The first-order valence-electron chi connectivity index (χ1n) is 21.8. The van der Waals surface area contributed by atoms with Crippen LogP contribution >= 0.6 is 7.82 Å². The number of hydrogen-bond donors (Lipinski definition) is 2. The SMILES string of the molecule is CCCCCCCC/C=C\CCCCCCCC(=O)OC[C@@H](N)COP(=O)(OC)OC[C@@H](N)COC(=O)CCCCCCC/C=C\CCCCCCCC. The Bertz CT molecular complexity index is 894. The fourth-order valence-electron chi connectivity index (χ4n) is 5.84. The molecule has 1 unspecified atom stereocenters. The number of unbranched alkanes of at least 4 members (excludes halogenated alkanes) is 22. The molecule has 0 aliphatic rings. The molecule has 0 bridgehead atoms. The van der Waals surface area contributed by atoms with Gasteiger partial charge in [0.2, 0.25) is 0 Å². The van der Waals surface area contributed by atoms with Gasteiger partial charge in [-0.25, -0.2) is 4.57 Å². The summed E-state index contributed by atoms with van der Waals surface area (Å²) in [5, 5.41) is 0. The van der Waals surface area contributed by atoms with Crippen LogP contribution in [0.25, 0.3) is 0 Å². The third kappa shape index (κ3) is 37.4. The summed E-state index contributed by atoms with van der Waals surface area (Å²) < 4.78 is 38.9. The summed E-state index contributed by atoms with van der Waals surface area (Å²) in [5.74, 6) is -0.626. The van der Waals surface area contributed by atoms with E-state index in [9.17, 15) is 14.2 Å². The number of phosphoric acid groups is 1. The molecule has 0 amide bonds. The van der Waals surface area contributed by atoms with Crippen LogP contribution in [0.2, 0.25) is 0 Å². The first kappa shape index (κ1) is 52.5. The minimum atomic E-state index is -3.94. The van der Waals surface area contributed by atoms with Crippen molar-refractivity contribution in [2.45, 2.75) is 206 Å². The molecule has 0 aromatic heterocycles. The van der Waals surface area contributed by atoms with Crippen molar-refractivity contribution in [1.82, 2.24) is 0 Å². The van der Waals surface area contributed by atoms with Gasteiger partial charge in [0.15, 0.2) is 0 Å². The van der Waals surface area contributed by atoms with Crippen molar-refractivity contribution in [3.8, 4) is 0 Å². The van der Waals surface area contributed by atoms with E-state index < -0.39 is 19.9 Å². The molecule has 10 nitrogen and oxygen atoms in total. The molecule has 0 heterocycles. The molecule has 0 aliphatic heterocycles. The van der Waals surface area contributed by atoms with Crippen molar-refractivity contribution in [2.75, 3.05) is 33.5 Å². The van der Waals surface area contributed by atoms with Crippen molar-refractivity contribution in [1.29, 1.82) is 0 Å². The normalized spacial score (nSPS) is 14.1. The third-order valence-corrected chi connectivity index (χ3v) is 10.7. The van der Waals surface area contributed by atoms with E-state index in [4.69, 9.17) is 34.5 Å². The monoisotopic (exact) mass is 787 g/mol. The van der Waals surface area contributed by atoms with Gasteiger partial charge in [-0.3, -0.25) is 23.2 Å². The largest absolute Gasteiger partial charge is 0.474 e. The lowest BCUT2D eigenvalue weighted by Gasteiger charge is -2.20. The van der Waals surface area contributed by atoms with E-state index in [-0.39, 0.29) is 38.4 Å². The molecule has 0 aromatic rings. The van der Waals surface area contributed by atoms with Crippen LogP contribution in [-0.4, -0.2) is 57.6 Å². The smallest absolute Gasteiger partial charge is 0.464 e. The van der Waals surface area contributed by atoms with Crippen molar-refractivity contribution in [2.24, 2.45) is 11.5 Å². The fraction of sp³-hybridized carbons (Fsp3) is 0.860. The molecule has 4 N–H and O–H groups in total. The lowest BCUT2D eigenvalue weighted by atomic mass is 10.1. The van der Waals surface area contributed by atoms with Crippen LogP contribution < -0.4 is 11.5 Å². The zero-order chi connectivity index (χ0) is 39.8. The first-order valence-corrected chi connectivity index (χ1v) is 23.3. The average molecular weight is 787 g/mol. The number of hydrogen-bond acceptors (Lipinski definition) is 10. The van der Waals surface area contributed by atoms with Gasteiger partial charge in [-0.1, -0.05) is 141 Å². The average Bonchev–Trinajstić information content (AvgIpc) is 3.17. The molecule has 0 aromatic carbocycles. The second-order valence-corrected chi connectivity index (χ2v) is 16.6. The minimum absolute atomic E-state index is 0.0697. The standard InChI is InChI=1S/C43H83N2O8P/c1-4-6-8-10-12-14-16-18-20-22-24-26-28-30-32-34-42(46)50-36-40(44)38-52-54(48,49-3)53-39-41(45)37-51-43(47)35-33-31-29-27-25-23-21-19-17-15-13-11-9-7-5-2/h18-21,40-41H,4-17,22-39,44-45H2,1-3H3/b20-18-,21-19-/t40-,41+,54?. The molecule has 0 fully saturated rings. The number of carbonyl (C=O) groups excluding carboxylic acids is 2. The molecule has 0 spiro atoms. The highest BCUT2D eigenvalue weighted by atomic mass is 31.2. The van der Waals surface area contributed by atoms with E-state index in [0.717, 1.165) is 64.2 Å².